The van der Waals surface area contributed by atoms with Gasteiger partial charge in [0.1, 0.15) is 6.54 Å². The molecule has 1 N–H and O–H groups in total. The number of nitrogens with one attached hydrogen (secondary N) is 1. The van der Waals surface area contributed by atoms with Crippen molar-refractivity contribution in [3.63, 3.8) is 0 Å². The quantitative estimate of drug-likeness (QED) is 0.708. The lowest BCUT2D eigenvalue weighted by Gasteiger charge is -2.21. The third-order valence-electron chi connectivity index (χ3n) is 3.95. The van der Waals surface area contributed by atoms with Gasteiger partial charge in [0.25, 0.3) is 5.91 Å². The van der Waals surface area contributed by atoms with Gasteiger partial charge in [-0.25, -0.2) is 0 Å². The molecule has 0 aliphatic heterocycles. The van der Waals surface area contributed by atoms with Crippen LogP contribution in [0.5, 0.6) is 0 Å². The Morgan fingerprint density at radius 3 is 2.17 bits per heavy atom. The fourth-order valence-electron chi connectivity index (χ4n) is 2.54. The third-order valence-corrected chi connectivity index (χ3v) is 3.95. The Morgan fingerprint density at radius 1 is 0.931 bits per heavy atom. The second kappa shape index (κ2) is 8.54. The molecule has 0 saturated carbocycles. The molecule has 10 heteroatoms. The van der Waals surface area contributed by atoms with Gasteiger partial charge in [-0.2, -0.15) is 26.3 Å². The maximum atomic E-state index is 13.0. The van der Waals surface area contributed by atoms with Crippen LogP contribution in [0.1, 0.15) is 28.4 Å². The Hall–Kier alpha value is -3.04. The van der Waals surface area contributed by atoms with E-state index >= 15 is 0 Å². The van der Waals surface area contributed by atoms with Crippen molar-refractivity contribution in [3.8, 4) is 0 Å². The van der Waals surface area contributed by atoms with Gasteiger partial charge in [-0.05, 0) is 37.3 Å². The summed E-state index contributed by atoms with van der Waals surface area (Å²) in [5.41, 5.74) is -2.85. The van der Waals surface area contributed by atoms with Crippen molar-refractivity contribution in [3.05, 3.63) is 65.2 Å². The number of carbonyl (C=O) groups is 2. The van der Waals surface area contributed by atoms with Crippen molar-refractivity contribution >= 4 is 17.5 Å². The van der Waals surface area contributed by atoms with E-state index in [-0.39, 0.29) is 12.1 Å². The minimum Gasteiger partial charge on any atom is -0.330 e. The number of anilines is 1. The molecule has 0 radical (unpaired) electrons. The van der Waals surface area contributed by atoms with Crippen molar-refractivity contribution in [2.45, 2.75) is 19.3 Å². The van der Waals surface area contributed by atoms with Gasteiger partial charge in [-0.3, -0.25) is 9.59 Å². The molecule has 0 aromatic heterocycles. The van der Waals surface area contributed by atoms with Crippen molar-refractivity contribution in [2.24, 2.45) is 0 Å². The first-order valence-electron chi connectivity index (χ1n) is 8.36. The second-order valence-corrected chi connectivity index (χ2v) is 5.99. The normalized spacial score (nSPS) is 11.8. The van der Waals surface area contributed by atoms with Gasteiger partial charge in [0.15, 0.2) is 0 Å². The van der Waals surface area contributed by atoms with E-state index in [4.69, 9.17) is 0 Å². The number of para-hydroxylation sites is 1. The lowest BCUT2D eigenvalue weighted by molar-refractivity contribution is -0.138. The Labute approximate surface area is 162 Å². The first-order valence-corrected chi connectivity index (χ1v) is 8.36. The molecule has 0 saturated heterocycles. The lowest BCUT2D eigenvalue weighted by Crippen LogP contribution is -2.38. The van der Waals surface area contributed by atoms with Crippen molar-refractivity contribution in [1.82, 2.24) is 4.90 Å². The average Bonchev–Trinajstić information content (AvgIpc) is 2.64. The van der Waals surface area contributed by atoms with E-state index in [1.54, 1.807) is 0 Å². The van der Waals surface area contributed by atoms with E-state index in [0.717, 1.165) is 41.3 Å². The number of amides is 2. The van der Waals surface area contributed by atoms with Crippen LogP contribution in [0.15, 0.2) is 48.5 Å². The standard InChI is InChI=1S/C19H16F6N2O2/c1-2-27(17(29)12-6-5-7-13(10-12)18(20,21)22)11-16(28)26-15-9-4-3-8-14(15)19(23,24)25/h3-10H,2,11H2,1H3,(H,26,28). The summed E-state index contributed by atoms with van der Waals surface area (Å²) in [6.45, 7) is 0.823. The molecule has 0 unspecified atom stereocenters. The highest BCUT2D eigenvalue weighted by Crippen LogP contribution is 2.34. The molecule has 2 rings (SSSR count). The molecule has 2 aromatic carbocycles. The summed E-state index contributed by atoms with van der Waals surface area (Å²) in [6, 6.07) is 7.99. The molecule has 0 aliphatic rings. The molecule has 29 heavy (non-hydrogen) atoms. The molecule has 2 aromatic rings. The number of hydrogen-bond donors (Lipinski definition) is 1. The summed E-state index contributed by atoms with van der Waals surface area (Å²) in [6.07, 6.45) is -9.34. The fraction of sp³-hybridized carbons (Fsp3) is 0.263. The van der Waals surface area contributed by atoms with Gasteiger partial charge in [-0.1, -0.05) is 18.2 Å². The second-order valence-electron chi connectivity index (χ2n) is 5.99. The fourth-order valence-corrected chi connectivity index (χ4v) is 2.54. The monoisotopic (exact) mass is 418 g/mol. The highest BCUT2D eigenvalue weighted by atomic mass is 19.4. The molecule has 0 bridgehead atoms. The number of hydrogen-bond acceptors (Lipinski definition) is 2. The minimum absolute atomic E-state index is 0.0383. The number of rotatable bonds is 5. The van der Waals surface area contributed by atoms with E-state index in [0.29, 0.717) is 6.07 Å². The van der Waals surface area contributed by atoms with Gasteiger partial charge in [0.05, 0.1) is 16.8 Å². The number of benzene rings is 2. The topological polar surface area (TPSA) is 49.4 Å². The smallest absolute Gasteiger partial charge is 0.330 e. The summed E-state index contributed by atoms with van der Waals surface area (Å²) in [5.74, 6) is -1.76. The van der Waals surface area contributed by atoms with Gasteiger partial charge in [-0.15, -0.1) is 0 Å². The summed E-state index contributed by atoms with van der Waals surface area (Å²) in [5, 5.41) is 2.09. The minimum atomic E-state index is -4.69. The van der Waals surface area contributed by atoms with Crippen LogP contribution < -0.4 is 5.32 Å². The largest absolute Gasteiger partial charge is 0.418 e. The Morgan fingerprint density at radius 2 is 1.59 bits per heavy atom. The SMILES string of the molecule is CCN(CC(=O)Nc1ccccc1C(F)(F)F)C(=O)c1cccc(C(F)(F)F)c1. The number of carbonyl (C=O) groups excluding carboxylic acids is 2. The van der Waals surface area contributed by atoms with Crippen LogP contribution in [0.4, 0.5) is 32.0 Å². The van der Waals surface area contributed by atoms with Crippen LogP contribution in [0, 0.1) is 0 Å². The summed E-state index contributed by atoms with van der Waals surface area (Å²) in [7, 11) is 0. The highest BCUT2D eigenvalue weighted by molar-refractivity contribution is 5.99. The molecule has 4 nitrogen and oxygen atoms in total. The van der Waals surface area contributed by atoms with Crippen molar-refractivity contribution in [1.29, 1.82) is 0 Å². The summed E-state index contributed by atoms with van der Waals surface area (Å²) in [4.78, 5) is 25.6. The Bertz CT molecular complexity index is 893. The van der Waals surface area contributed by atoms with Crippen LogP contribution in [0.25, 0.3) is 0 Å². The van der Waals surface area contributed by atoms with Crippen LogP contribution in [0.3, 0.4) is 0 Å². The zero-order chi connectivity index (χ0) is 21.8. The van der Waals surface area contributed by atoms with Crippen LogP contribution in [-0.4, -0.2) is 29.8 Å². The predicted octanol–water partition coefficient (Wildman–Crippen LogP) is 4.83. The first kappa shape index (κ1) is 22.3. The molecule has 0 heterocycles. The molecule has 156 valence electrons. The third kappa shape index (κ3) is 5.72. The molecule has 0 atom stereocenters. The lowest BCUT2D eigenvalue weighted by atomic mass is 10.1. The van der Waals surface area contributed by atoms with E-state index in [9.17, 15) is 35.9 Å². The summed E-state index contributed by atoms with van der Waals surface area (Å²) < 4.78 is 77.5. The number of likely N-dealkylation sites (N-methyl/N-ethyl adjacent to an activating group) is 1. The molecule has 0 aliphatic carbocycles. The molecular formula is C19H16F6N2O2. The van der Waals surface area contributed by atoms with E-state index in [2.05, 4.69) is 5.32 Å². The zero-order valence-corrected chi connectivity index (χ0v) is 15.1. The van der Waals surface area contributed by atoms with Gasteiger partial charge < -0.3 is 10.2 Å². The molecular weight excluding hydrogens is 402 g/mol. The number of nitrogens with zero attached hydrogens (tertiary/aromatic N) is 1. The Balaban J connectivity index is 2.16. The molecule has 0 fully saturated rings. The highest BCUT2D eigenvalue weighted by Gasteiger charge is 2.34. The van der Waals surface area contributed by atoms with Crippen LogP contribution in [-0.2, 0) is 17.1 Å². The summed E-state index contributed by atoms with van der Waals surface area (Å²) >= 11 is 0. The first-order chi connectivity index (χ1) is 13.4. The van der Waals surface area contributed by atoms with Crippen molar-refractivity contribution in [2.75, 3.05) is 18.4 Å². The number of halogens is 6. The Kier molecular flexibility index (Phi) is 6.55. The van der Waals surface area contributed by atoms with E-state index < -0.39 is 47.5 Å². The number of alkyl halides is 6. The maximum Gasteiger partial charge on any atom is 0.418 e. The van der Waals surface area contributed by atoms with E-state index in [1.807, 2.05) is 0 Å². The van der Waals surface area contributed by atoms with Crippen molar-refractivity contribution < 1.29 is 35.9 Å². The predicted molar refractivity (Wildman–Crippen MR) is 93.1 cm³/mol. The molecule has 0 spiro atoms. The van der Waals surface area contributed by atoms with Crippen LogP contribution >= 0.6 is 0 Å². The van der Waals surface area contributed by atoms with Gasteiger partial charge >= 0.3 is 12.4 Å². The van der Waals surface area contributed by atoms with Crippen LogP contribution in [0.2, 0.25) is 0 Å². The maximum absolute atomic E-state index is 13.0. The molecule has 2 amide bonds. The van der Waals surface area contributed by atoms with Gasteiger partial charge in [0.2, 0.25) is 5.91 Å². The van der Waals surface area contributed by atoms with E-state index in [1.165, 1.54) is 13.0 Å². The van der Waals surface area contributed by atoms with Gasteiger partial charge in [0, 0.05) is 12.1 Å². The zero-order valence-electron chi connectivity index (χ0n) is 15.1. The average molecular weight is 418 g/mol.